The summed E-state index contributed by atoms with van der Waals surface area (Å²) in [6.45, 7) is 4.22. The van der Waals surface area contributed by atoms with Crippen LogP contribution in [0.5, 0.6) is 5.88 Å². The van der Waals surface area contributed by atoms with Crippen LogP contribution >= 0.6 is 0 Å². The van der Waals surface area contributed by atoms with Crippen LogP contribution in [0, 0.1) is 36.5 Å². The average Bonchev–Trinajstić information content (AvgIpc) is 3.71. The van der Waals surface area contributed by atoms with Gasteiger partial charge in [-0.15, -0.1) is 0 Å². The highest BCUT2D eigenvalue weighted by molar-refractivity contribution is 7.84. The highest BCUT2D eigenvalue weighted by atomic mass is 32.2. The molecule has 7 atom stereocenters. The Morgan fingerprint density at radius 3 is 2.68 bits per heavy atom. The number of aryl methyl sites for hydroxylation is 1. The van der Waals surface area contributed by atoms with E-state index in [4.69, 9.17) is 9.47 Å². The van der Waals surface area contributed by atoms with Crippen LogP contribution in [0.15, 0.2) is 53.6 Å². The lowest BCUT2D eigenvalue weighted by Crippen LogP contribution is -2.20. The average molecular weight is 588 g/mol. The molecule has 0 spiro atoms. The molecule has 4 aliphatic rings. The third-order valence-corrected chi connectivity index (χ3v) is 9.98. The van der Waals surface area contributed by atoms with Crippen LogP contribution in [0.25, 0.3) is 11.1 Å². The summed E-state index contributed by atoms with van der Waals surface area (Å²) < 4.78 is 65.4. The zero-order valence-electron chi connectivity index (χ0n) is 23.0. The van der Waals surface area contributed by atoms with Crippen LogP contribution in [0.1, 0.15) is 36.6 Å². The fourth-order valence-electron chi connectivity index (χ4n) is 6.86. The second-order valence-corrected chi connectivity index (χ2v) is 13.2. The number of ether oxygens (including phenoxy) is 2. The Balaban J connectivity index is 1.20. The van der Waals surface area contributed by atoms with Crippen molar-refractivity contribution >= 4 is 16.8 Å². The maximum atomic E-state index is 14.0. The molecular weight excluding hydrogens is 555 g/mol. The number of aliphatic carboxylic acids is 1. The lowest BCUT2D eigenvalue weighted by Gasteiger charge is -2.22. The zero-order valence-corrected chi connectivity index (χ0v) is 23.8. The van der Waals surface area contributed by atoms with Crippen molar-refractivity contribution in [3.8, 4) is 17.0 Å². The smallest absolute Gasteiger partial charge is 0.417 e. The van der Waals surface area contributed by atoms with Gasteiger partial charge in [0.15, 0.2) is 0 Å². The SMILES string of the molecule is Cc1nc(OCCCS(C)=O)ccc1-c1cc(COC23C=C4CC5C(C(=O)O)C5C4=CC2C3C)ccc1C(F)(F)F. The summed E-state index contributed by atoms with van der Waals surface area (Å²) in [7, 11) is -0.922. The fraction of sp³-hybridized carbons (Fsp3) is 0.484. The number of halogens is 3. The molecule has 0 radical (unpaired) electrons. The highest BCUT2D eigenvalue weighted by Gasteiger charge is 2.68. The number of nitrogens with zero attached hydrogens (tertiary/aromatic N) is 1. The summed E-state index contributed by atoms with van der Waals surface area (Å²) in [6, 6.07) is 7.24. The summed E-state index contributed by atoms with van der Waals surface area (Å²) in [5.74, 6) is 0.430. The Labute approximate surface area is 239 Å². The van der Waals surface area contributed by atoms with E-state index in [0.29, 0.717) is 41.5 Å². The van der Waals surface area contributed by atoms with Crippen LogP contribution < -0.4 is 4.74 Å². The minimum atomic E-state index is -4.55. The summed E-state index contributed by atoms with van der Waals surface area (Å²) >= 11 is 0. The molecular formula is C31H32F3NO5S. The Morgan fingerprint density at radius 1 is 1.22 bits per heavy atom. The minimum Gasteiger partial charge on any atom is -0.481 e. The molecule has 0 amide bonds. The molecule has 7 unspecified atom stereocenters. The number of alkyl halides is 3. The van der Waals surface area contributed by atoms with Gasteiger partial charge in [0.05, 0.1) is 30.3 Å². The van der Waals surface area contributed by atoms with Crippen molar-refractivity contribution in [2.75, 3.05) is 18.6 Å². The van der Waals surface area contributed by atoms with Crippen LogP contribution in [0.4, 0.5) is 13.2 Å². The molecule has 0 saturated heterocycles. The van der Waals surface area contributed by atoms with E-state index >= 15 is 0 Å². The van der Waals surface area contributed by atoms with Crippen molar-refractivity contribution in [1.29, 1.82) is 0 Å². The van der Waals surface area contributed by atoms with Gasteiger partial charge in [0.25, 0.3) is 0 Å². The predicted octanol–water partition coefficient (Wildman–Crippen LogP) is 5.96. The van der Waals surface area contributed by atoms with Crippen LogP contribution in [-0.2, 0) is 33.1 Å². The number of hydrogen-bond donors (Lipinski definition) is 1. The monoisotopic (exact) mass is 587 g/mol. The predicted molar refractivity (Wildman–Crippen MR) is 148 cm³/mol. The molecule has 1 N–H and O–H groups in total. The molecule has 218 valence electrons. The number of fused-ring (bicyclic) bond motifs is 4. The Morgan fingerprint density at radius 2 is 2.00 bits per heavy atom. The van der Waals surface area contributed by atoms with Gasteiger partial charge >= 0.3 is 12.1 Å². The van der Waals surface area contributed by atoms with E-state index < -0.39 is 34.1 Å². The van der Waals surface area contributed by atoms with Gasteiger partial charge < -0.3 is 14.6 Å². The largest absolute Gasteiger partial charge is 0.481 e. The number of carboxylic acid groups (broad SMARTS) is 1. The lowest BCUT2D eigenvalue weighted by atomic mass is 9.92. The van der Waals surface area contributed by atoms with Gasteiger partial charge in [-0.05, 0) is 78.1 Å². The van der Waals surface area contributed by atoms with E-state index in [0.717, 1.165) is 23.6 Å². The van der Waals surface area contributed by atoms with Gasteiger partial charge in [-0.2, -0.15) is 13.2 Å². The third-order valence-electron chi connectivity index (χ3n) is 9.12. The Kier molecular flexibility index (Phi) is 6.92. The molecule has 2 aromatic rings. The molecule has 1 heterocycles. The van der Waals surface area contributed by atoms with Crippen LogP contribution in [0.3, 0.4) is 0 Å². The van der Waals surface area contributed by atoms with Crippen LogP contribution in [-0.4, -0.2) is 44.5 Å². The van der Waals surface area contributed by atoms with Crippen molar-refractivity contribution < 1.29 is 36.8 Å². The molecule has 3 fully saturated rings. The standard InChI is InChI=1S/C31H32F3NO5S/c1-16-25-13-21-19(12-23-27(21)28(23)29(36)37)14-30(16,25)40-15-18-5-7-24(31(32,33)34)22(11-18)20-6-8-26(35-17(20)2)39-9-4-10-41(3)38/h5-8,11,13-14,16,23,25,27-28H,4,9-10,12,15H2,1-3H3,(H,36,37). The summed E-state index contributed by atoms with van der Waals surface area (Å²) in [4.78, 5) is 15.9. The molecule has 3 saturated carbocycles. The molecule has 41 heavy (non-hydrogen) atoms. The third kappa shape index (κ3) is 5.03. The zero-order chi connectivity index (χ0) is 29.3. The molecule has 0 aliphatic heterocycles. The first-order valence-corrected chi connectivity index (χ1v) is 15.5. The maximum absolute atomic E-state index is 14.0. The van der Waals surface area contributed by atoms with E-state index in [-0.39, 0.29) is 41.8 Å². The second-order valence-electron chi connectivity index (χ2n) is 11.6. The molecule has 6 nitrogen and oxygen atoms in total. The van der Waals surface area contributed by atoms with Gasteiger partial charge in [-0.1, -0.05) is 19.1 Å². The first-order valence-electron chi connectivity index (χ1n) is 13.8. The second kappa shape index (κ2) is 10.1. The van der Waals surface area contributed by atoms with Crippen molar-refractivity contribution in [2.24, 2.45) is 29.6 Å². The number of carbonyl (C=O) groups is 1. The van der Waals surface area contributed by atoms with Crippen molar-refractivity contribution in [3.63, 3.8) is 0 Å². The van der Waals surface area contributed by atoms with E-state index in [1.54, 1.807) is 25.3 Å². The number of pyridine rings is 1. The summed E-state index contributed by atoms with van der Waals surface area (Å²) in [6.07, 6.45) is 2.74. The van der Waals surface area contributed by atoms with E-state index in [1.807, 2.05) is 0 Å². The maximum Gasteiger partial charge on any atom is 0.417 e. The molecule has 6 rings (SSSR count). The lowest BCUT2D eigenvalue weighted by molar-refractivity contribution is -0.139. The quantitative estimate of drug-likeness (QED) is 0.345. The van der Waals surface area contributed by atoms with Crippen molar-refractivity contribution in [3.05, 3.63) is 70.5 Å². The van der Waals surface area contributed by atoms with Crippen molar-refractivity contribution in [1.82, 2.24) is 4.98 Å². The van der Waals surface area contributed by atoms with Gasteiger partial charge in [0.2, 0.25) is 5.88 Å². The first kappa shape index (κ1) is 28.2. The Bertz CT molecular complexity index is 1500. The number of carboxylic acids is 1. The minimum absolute atomic E-state index is 0.0363. The fourth-order valence-corrected chi connectivity index (χ4v) is 7.39. The van der Waals surface area contributed by atoms with Gasteiger partial charge in [-0.3, -0.25) is 9.00 Å². The number of aromatic nitrogens is 1. The molecule has 10 heteroatoms. The number of benzene rings is 1. The molecule has 1 aromatic carbocycles. The number of allylic oxidation sites excluding steroid dienone is 2. The summed E-state index contributed by atoms with van der Waals surface area (Å²) in [5.41, 5.74) is 2.51. The molecule has 4 aliphatic carbocycles. The van der Waals surface area contributed by atoms with Gasteiger partial charge in [0, 0.05) is 52.0 Å². The molecule has 0 bridgehead atoms. The van der Waals surface area contributed by atoms with Crippen LogP contribution in [0.2, 0.25) is 0 Å². The molecule has 1 aromatic heterocycles. The first-order chi connectivity index (χ1) is 19.4. The topological polar surface area (TPSA) is 85.7 Å². The van der Waals surface area contributed by atoms with Crippen molar-refractivity contribution in [2.45, 2.75) is 45.1 Å². The summed E-state index contributed by atoms with van der Waals surface area (Å²) in [5, 5.41) is 9.44. The van der Waals surface area contributed by atoms with E-state index in [9.17, 15) is 27.3 Å². The van der Waals surface area contributed by atoms with E-state index in [1.165, 1.54) is 12.1 Å². The van der Waals surface area contributed by atoms with E-state index in [2.05, 4.69) is 24.1 Å². The Hall–Kier alpha value is -2.98. The number of hydrogen-bond acceptors (Lipinski definition) is 5. The van der Waals surface area contributed by atoms with Gasteiger partial charge in [0.1, 0.15) is 0 Å². The number of rotatable bonds is 10. The highest BCUT2D eigenvalue weighted by Crippen LogP contribution is 2.68. The van der Waals surface area contributed by atoms with Gasteiger partial charge in [-0.25, -0.2) is 4.98 Å². The normalized spacial score (nSPS) is 30.0.